The number of hydrogen-bond donors (Lipinski definition) is 3. The molecule has 0 radical (unpaired) electrons. The van der Waals surface area contributed by atoms with E-state index in [2.05, 4.69) is 24.1 Å². The summed E-state index contributed by atoms with van der Waals surface area (Å²) in [6.45, 7) is 9.05. The second-order valence-corrected chi connectivity index (χ2v) is 4.09. The normalized spacial score (nSPS) is 11.0. The van der Waals surface area contributed by atoms with Crippen molar-refractivity contribution in [1.29, 1.82) is 0 Å². The summed E-state index contributed by atoms with van der Waals surface area (Å²) >= 11 is 0. The molecule has 96 valence electrons. The van der Waals surface area contributed by atoms with Crippen molar-refractivity contribution in [3.05, 3.63) is 23.8 Å². The van der Waals surface area contributed by atoms with Gasteiger partial charge in [-0.1, -0.05) is 13.8 Å². The molecule has 0 amide bonds. The van der Waals surface area contributed by atoms with Crippen LogP contribution in [0.4, 0.5) is 5.69 Å². The van der Waals surface area contributed by atoms with Crippen LogP contribution in [-0.2, 0) is 6.54 Å². The van der Waals surface area contributed by atoms with Gasteiger partial charge in [0.05, 0.1) is 0 Å². The first kappa shape index (κ1) is 13.8. The Bertz CT molecular complexity index is 337. The number of nitrogen functional groups attached to an aromatic ring is 1. The fourth-order valence-electron chi connectivity index (χ4n) is 1.75. The Kier molecular flexibility index (Phi) is 5.80. The molecule has 0 saturated heterocycles. The molecule has 0 aliphatic heterocycles. The number of nitrogens with zero attached hydrogens (tertiary/aromatic N) is 1. The second kappa shape index (κ2) is 7.14. The van der Waals surface area contributed by atoms with Gasteiger partial charge in [0.25, 0.3) is 0 Å². The number of anilines is 1. The van der Waals surface area contributed by atoms with Crippen molar-refractivity contribution >= 4 is 5.69 Å². The van der Waals surface area contributed by atoms with Crippen LogP contribution in [-0.4, -0.2) is 36.2 Å². The van der Waals surface area contributed by atoms with E-state index in [9.17, 15) is 5.11 Å². The average Bonchev–Trinajstić information content (AvgIpc) is 2.33. The molecule has 1 aromatic rings. The summed E-state index contributed by atoms with van der Waals surface area (Å²) in [4.78, 5) is 2.35. The molecule has 0 unspecified atom stereocenters. The Labute approximate surface area is 103 Å². The highest BCUT2D eigenvalue weighted by Gasteiger charge is 2.02. The number of benzene rings is 1. The van der Waals surface area contributed by atoms with Gasteiger partial charge in [-0.05, 0) is 31.3 Å². The molecule has 0 fully saturated rings. The Morgan fingerprint density at radius 3 is 2.65 bits per heavy atom. The molecule has 0 bridgehead atoms. The predicted molar refractivity (Wildman–Crippen MR) is 72.0 cm³/mol. The van der Waals surface area contributed by atoms with Crippen molar-refractivity contribution in [2.24, 2.45) is 0 Å². The van der Waals surface area contributed by atoms with E-state index in [1.807, 2.05) is 0 Å². The van der Waals surface area contributed by atoms with Crippen LogP contribution in [0, 0.1) is 0 Å². The van der Waals surface area contributed by atoms with E-state index in [-0.39, 0.29) is 0 Å². The van der Waals surface area contributed by atoms with Crippen LogP contribution in [0.3, 0.4) is 0 Å². The number of nitrogens with one attached hydrogen (secondary N) is 1. The number of phenolic OH excluding ortho intramolecular Hbond substituents is 1. The zero-order valence-corrected chi connectivity index (χ0v) is 10.7. The third-order valence-corrected chi connectivity index (χ3v) is 2.92. The highest BCUT2D eigenvalue weighted by atomic mass is 16.3. The monoisotopic (exact) mass is 237 g/mol. The van der Waals surface area contributed by atoms with Crippen molar-refractivity contribution in [2.45, 2.75) is 20.4 Å². The van der Waals surface area contributed by atoms with Crippen molar-refractivity contribution in [1.82, 2.24) is 10.2 Å². The highest BCUT2D eigenvalue weighted by Crippen LogP contribution is 2.19. The van der Waals surface area contributed by atoms with E-state index >= 15 is 0 Å². The second-order valence-electron chi connectivity index (χ2n) is 4.09. The van der Waals surface area contributed by atoms with Gasteiger partial charge in [0, 0.05) is 30.9 Å². The summed E-state index contributed by atoms with van der Waals surface area (Å²) in [6, 6.07) is 5.14. The molecule has 0 aliphatic rings. The van der Waals surface area contributed by atoms with Crippen LogP contribution < -0.4 is 11.1 Å². The standard InChI is InChI=1S/C13H23N3O/c1-3-16(4-2)8-7-15-10-11-9-12(14)5-6-13(11)17/h5-6,9,15,17H,3-4,7-8,10,14H2,1-2H3. The fraction of sp³-hybridized carbons (Fsp3) is 0.538. The highest BCUT2D eigenvalue weighted by molar-refractivity contribution is 5.47. The molecule has 0 heterocycles. The molecule has 4 nitrogen and oxygen atoms in total. The molecule has 0 spiro atoms. The van der Waals surface area contributed by atoms with Gasteiger partial charge in [-0.25, -0.2) is 0 Å². The summed E-state index contributed by atoms with van der Waals surface area (Å²) in [5.41, 5.74) is 7.21. The lowest BCUT2D eigenvalue weighted by atomic mass is 10.2. The smallest absolute Gasteiger partial charge is 0.120 e. The maximum Gasteiger partial charge on any atom is 0.120 e. The third-order valence-electron chi connectivity index (χ3n) is 2.92. The SMILES string of the molecule is CCN(CC)CCNCc1cc(N)ccc1O. The molecule has 1 aromatic carbocycles. The van der Waals surface area contributed by atoms with Crippen molar-refractivity contribution in [3.8, 4) is 5.75 Å². The van der Waals surface area contributed by atoms with Gasteiger partial charge in [0.15, 0.2) is 0 Å². The van der Waals surface area contributed by atoms with E-state index in [0.29, 0.717) is 18.0 Å². The zero-order valence-electron chi connectivity index (χ0n) is 10.7. The lowest BCUT2D eigenvalue weighted by molar-refractivity contribution is 0.302. The number of hydrogen-bond acceptors (Lipinski definition) is 4. The summed E-state index contributed by atoms with van der Waals surface area (Å²) in [5, 5.41) is 12.9. The van der Waals surface area contributed by atoms with Gasteiger partial charge in [-0.3, -0.25) is 0 Å². The summed E-state index contributed by atoms with van der Waals surface area (Å²) in [6.07, 6.45) is 0. The quantitative estimate of drug-likeness (QED) is 0.381. The van der Waals surface area contributed by atoms with Gasteiger partial charge < -0.3 is 21.1 Å². The van der Waals surface area contributed by atoms with Gasteiger partial charge >= 0.3 is 0 Å². The molecule has 4 N–H and O–H groups in total. The summed E-state index contributed by atoms with van der Waals surface area (Å²) in [7, 11) is 0. The van der Waals surface area contributed by atoms with Crippen LogP contribution in [0.2, 0.25) is 0 Å². The van der Waals surface area contributed by atoms with Crippen molar-refractivity contribution in [2.75, 3.05) is 31.9 Å². The van der Waals surface area contributed by atoms with Crippen LogP contribution in [0.1, 0.15) is 19.4 Å². The fourth-order valence-corrected chi connectivity index (χ4v) is 1.75. The van der Waals surface area contributed by atoms with E-state index in [1.54, 1.807) is 18.2 Å². The lowest BCUT2D eigenvalue weighted by Gasteiger charge is -2.18. The minimum Gasteiger partial charge on any atom is -0.508 e. The Hall–Kier alpha value is -1.26. The number of rotatable bonds is 7. The predicted octanol–water partition coefficient (Wildman–Crippen LogP) is 1.41. The van der Waals surface area contributed by atoms with Gasteiger partial charge in [0.1, 0.15) is 5.75 Å². The first-order valence-corrected chi connectivity index (χ1v) is 6.17. The topological polar surface area (TPSA) is 61.5 Å². The Morgan fingerprint density at radius 1 is 1.29 bits per heavy atom. The molecule has 0 aromatic heterocycles. The van der Waals surface area contributed by atoms with Crippen LogP contribution in [0.15, 0.2) is 18.2 Å². The van der Waals surface area contributed by atoms with Gasteiger partial charge in [-0.2, -0.15) is 0 Å². The Balaban J connectivity index is 2.33. The summed E-state index contributed by atoms with van der Waals surface area (Å²) < 4.78 is 0. The number of nitrogens with two attached hydrogens (primary N) is 1. The molecule has 1 rings (SSSR count). The van der Waals surface area contributed by atoms with Crippen LogP contribution >= 0.6 is 0 Å². The van der Waals surface area contributed by atoms with E-state index in [0.717, 1.165) is 31.7 Å². The van der Waals surface area contributed by atoms with Gasteiger partial charge in [-0.15, -0.1) is 0 Å². The number of aromatic hydroxyl groups is 1. The van der Waals surface area contributed by atoms with Crippen molar-refractivity contribution < 1.29 is 5.11 Å². The zero-order chi connectivity index (χ0) is 12.7. The molecule has 0 aliphatic carbocycles. The largest absolute Gasteiger partial charge is 0.508 e. The molecule has 17 heavy (non-hydrogen) atoms. The summed E-state index contributed by atoms with van der Waals surface area (Å²) in [5.74, 6) is 0.300. The van der Waals surface area contributed by atoms with E-state index in [4.69, 9.17) is 5.73 Å². The molecule has 4 heteroatoms. The van der Waals surface area contributed by atoms with Crippen LogP contribution in [0.5, 0.6) is 5.75 Å². The number of likely N-dealkylation sites (N-methyl/N-ethyl adjacent to an activating group) is 1. The lowest BCUT2D eigenvalue weighted by Crippen LogP contribution is -2.31. The molecular formula is C13H23N3O. The number of phenols is 1. The maximum absolute atomic E-state index is 9.63. The molecular weight excluding hydrogens is 214 g/mol. The first-order chi connectivity index (χ1) is 8.17. The average molecular weight is 237 g/mol. The maximum atomic E-state index is 9.63. The minimum absolute atomic E-state index is 0.300. The van der Waals surface area contributed by atoms with E-state index < -0.39 is 0 Å². The minimum atomic E-state index is 0.300. The Morgan fingerprint density at radius 2 is 2.00 bits per heavy atom. The third kappa shape index (κ3) is 4.63. The molecule has 0 saturated carbocycles. The van der Waals surface area contributed by atoms with Gasteiger partial charge in [0.2, 0.25) is 0 Å². The van der Waals surface area contributed by atoms with Crippen molar-refractivity contribution in [3.63, 3.8) is 0 Å². The van der Waals surface area contributed by atoms with Crippen LogP contribution in [0.25, 0.3) is 0 Å². The van der Waals surface area contributed by atoms with E-state index in [1.165, 1.54) is 0 Å². The molecule has 0 atom stereocenters. The first-order valence-electron chi connectivity index (χ1n) is 6.17.